The van der Waals surface area contributed by atoms with Crippen LogP contribution in [0.5, 0.6) is 0 Å². The van der Waals surface area contributed by atoms with Gasteiger partial charge in [0.15, 0.2) is 5.78 Å². The quantitative estimate of drug-likeness (QED) is 0.835. The molecule has 0 amide bonds. The molecule has 1 unspecified atom stereocenters. The number of hydrogen-bond donors (Lipinski definition) is 0. The van der Waals surface area contributed by atoms with E-state index < -0.39 is 0 Å². The van der Waals surface area contributed by atoms with Crippen LogP contribution in [0.1, 0.15) is 49.2 Å². The Bertz CT molecular complexity index is 475. The molecule has 2 heterocycles. The Morgan fingerprint density at radius 2 is 2.21 bits per heavy atom. The Morgan fingerprint density at radius 1 is 1.37 bits per heavy atom. The third kappa shape index (κ3) is 2.48. The molecule has 0 aromatic carbocycles. The van der Waals surface area contributed by atoms with Crippen molar-refractivity contribution in [3.8, 4) is 0 Å². The standard InChI is InChI=1S/C16H24N2O/c1-12(2)17-8-6-13(10-17)11-18-9-7-14-15(18)4-3-5-16(14)19/h7,9,12-13H,3-6,8,10-11H2,1-2H3. The molecule has 0 bridgehead atoms. The van der Waals surface area contributed by atoms with Crippen molar-refractivity contribution in [2.75, 3.05) is 13.1 Å². The lowest BCUT2D eigenvalue weighted by Gasteiger charge is -2.21. The average Bonchev–Trinajstić information content (AvgIpc) is 2.98. The first-order valence-electron chi connectivity index (χ1n) is 7.60. The van der Waals surface area contributed by atoms with E-state index in [1.54, 1.807) is 0 Å². The molecule has 3 rings (SSSR count). The van der Waals surface area contributed by atoms with Crippen molar-refractivity contribution in [2.24, 2.45) is 5.92 Å². The van der Waals surface area contributed by atoms with Crippen LogP contribution < -0.4 is 0 Å². The van der Waals surface area contributed by atoms with Crippen LogP contribution in [0.4, 0.5) is 0 Å². The molecule has 3 heteroatoms. The van der Waals surface area contributed by atoms with E-state index in [0.29, 0.717) is 11.8 Å². The van der Waals surface area contributed by atoms with Crippen LogP contribution in [0.2, 0.25) is 0 Å². The number of carbonyl (C=O) groups excluding carboxylic acids is 1. The molecule has 1 saturated heterocycles. The lowest BCUT2D eigenvalue weighted by molar-refractivity contribution is 0.0971. The first-order valence-corrected chi connectivity index (χ1v) is 7.60. The zero-order valence-electron chi connectivity index (χ0n) is 12.1. The number of nitrogens with zero attached hydrogens (tertiary/aromatic N) is 2. The molecule has 2 aliphatic rings. The molecule has 0 spiro atoms. The summed E-state index contributed by atoms with van der Waals surface area (Å²) in [6, 6.07) is 2.69. The minimum Gasteiger partial charge on any atom is -0.350 e. The van der Waals surface area contributed by atoms with Gasteiger partial charge in [-0.1, -0.05) is 0 Å². The molecule has 0 radical (unpaired) electrons. The van der Waals surface area contributed by atoms with Crippen molar-refractivity contribution in [3.05, 3.63) is 23.5 Å². The molecular formula is C16H24N2O. The highest BCUT2D eigenvalue weighted by atomic mass is 16.1. The van der Waals surface area contributed by atoms with Crippen LogP contribution in [0.15, 0.2) is 12.3 Å². The molecule has 104 valence electrons. The average molecular weight is 260 g/mol. The van der Waals surface area contributed by atoms with Gasteiger partial charge in [0.1, 0.15) is 0 Å². The number of fused-ring (bicyclic) bond motifs is 1. The molecule has 1 aliphatic carbocycles. The summed E-state index contributed by atoms with van der Waals surface area (Å²) in [7, 11) is 0. The van der Waals surface area contributed by atoms with E-state index in [2.05, 4.69) is 29.5 Å². The fourth-order valence-electron chi connectivity index (χ4n) is 3.52. The van der Waals surface area contributed by atoms with Crippen LogP contribution in [0.25, 0.3) is 0 Å². The van der Waals surface area contributed by atoms with Gasteiger partial charge < -0.3 is 9.47 Å². The van der Waals surface area contributed by atoms with Gasteiger partial charge in [0.25, 0.3) is 0 Å². The minimum atomic E-state index is 0.343. The van der Waals surface area contributed by atoms with Crippen molar-refractivity contribution in [1.29, 1.82) is 0 Å². The van der Waals surface area contributed by atoms with Crippen molar-refractivity contribution in [3.63, 3.8) is 0 Å². The normalized spacial score (nSPS) is 24.2. The lowest BCUT2D eigenvalue weighted by atomic mass is 9.96. The van der Waals surface area contributed by atoms with E-state index in [0.717, 1.165) is 37.3 Å². The lowest BCUT2D eigenvalue weighted by Crippen LogP contribution is -2.29. The molecule has 1 fully saturated rings. The molecule has 0 saturated carbocycles. The predicted octanol–water partition coefficient (Wildman–Crippen LogP) is 2.74. The summed E-state index contributed by atoms with van der Waals surface area (Å²) in [5, 5.41) is 0. The molecule has 0 N–H and O–H groups in total. The van der Waals surface area contributed by atoms with E-state index >= 15 is 0 Å². The van der Waals surface area contributed by atoms with Crippen molar-refractivity contribution in [1.82, 2.24) is 9.47 Å². The maximum atomic E-state index is 11.9. The van der Waals surface area contributed by atoms with Gasteiger partial charge in [-0.3, -0.25) is 4.79 Å². The molecular weight excluding hydrogens is 236 g/mol. The smallest absolute Gasteiger partial charge is 0.164 e. The summed E-state index contributed by atoms with van der Waals surface area (Å²) in [6.07, 6.45) is 6.26. The van der Waals surface area contributed by atoms with Crippen molar-refractivity contribution < 1.29 is 4.79 Å². The van der Waals surface area contributed by atoms with E-state index in [1.165, 1.54) is 25.2 Å². The second-order valence-corrected chi connectivity index (χ2v) is 6.35. The second kappa shape index (κ2) is 5.12. The van der Waals surface area contributed by atoms with Gasteiger partial charge in [-0.25, -0.2) is 0 Å². The van der Waals surface area contributed by atoms with E-state index in [4.69, 9.17) is 0 Å². The fraction of sp³-hybridized carbons (Fsp3) is 0.688. The third-order valence-corrected chi connectivity index (χ3v) is 4.70. The van der Waals surface area contributed by atoms with Gasteiger partial charge in [0.05, 0.1) is 0 Å². The molecule has 1 aliphatic heterocycles. The van der Waals surface area contributed by atoms with Crippen LogP contribution >= 0.6 is 0 Å². The number of ketones is 1. The number of carbonyl (C=O) groups is 1. The van der Waals surface area contributed by atoms with Gasteiger partial charge in [0, 0.05) is 43.0 Å². The third-order valence-electron chi connectivity index (χ3n) is 4.70. The maximum Gasteiger partial charge on any atom is 0.164 e. The van der Waals surface area contributed by atoms with Gasteiger partial charge in [-0.2, -0.15) is 0 Å². The van der Waals surface area contributed by atoms with E-state index in [1.807, 2.05) is 6.07 Å². The zero-order valence-corrected chi connectivity index (χ0v) is 12.1. The Balaban J connectivity index is 1.70. The Hall–Kier alpha value is -1.09. The first kappa shape index (κ1) is 12.9. The van der Waals surface area contributed by atoms with Crippen LogP contribution in [0.3, 0.4) is 0 Å². The highest BCUT2D eigenvalue weighted by Crippen LogP contribution is 2.26. The van der Waals surface area contributed by atoms with Gasteiger partial charge in [-0.05, 0) is 51.6 Å². The van der Waals surface area contributed by atoms with E-state index in [9.17, 15) is 4.79 Å². The number of hydrogen-bond acceptors (Lipinski definition) is 2. The Kier molecular flexibility index (Phi) is 3.48. The summed E-state index contributed by atoms with van der Waals surface area (Å²) in [5.74, 6) is 1.09. The zero-order chi connectivity index (χ0) is 13.4. The summed E-state index contributed by atoms with van der Waals surface area (Å²) in [4.78, 5) is 14.4. The van der Waals surface area contributed by atoms with E-state index in [-0.39, 0.29) is 0 Å². The number of rotatable bonds is 3. The topological polar surface area (TPSA) is 25.2 Å². The molecule has 19 heavy (non-hydrogen) atoms. The second-order valence-electron chi connectivity index (χ2n) is 6.35. The van der Waals surface area contributed by atoms with Gasteiger partial charge in [0.2, 0.25) is 0 Å². The monoisotopic (exact) mass is 260 g/mol. The highest BCUT2D eigenvalue weighted by molar-refractivity contribution is 5.98. The Labute approximate surface area is 115 Å². The largest absolute Gasteiger partial charge is 0.350 e. The highest BCUT2D eigenvalue weighted by Gasteiger charge is 2.26. The first-order chi connectivity index (χ1) is 9.15. The van der Waals surface area contributed by atoms with Gasteiger partial charge in [-0.15, -0.1) is 0 Å². The summed E-state index contributed by atoms with van der Waals surface area (Å²) in [6.45, 7) is 8.08. The summed E-state index contributed by atoms with van der Waals surface area (Å²) in [5.41, 5.74) is 2.28. The van der Waals surface area contributed by atoms with Crippen molar-refractivity contribution in [2.45, 2.75) is 52.1 Å². The van der Waals surface area contributed by atoms with Gasteiger partial charge >= 0.3 is 0 Å². The maximum absolute atomic E-state index is 11.9. The predicted molar refractivity (Wildman–Crippen MR) is 76.5 cm³/mol. The number of Topliss-reactive ketones (excluding diaryl/α,β-unsaturated/α-hetero) is 1. The fourth-order valence-corrected chi connectivity index (χ4v) is 3.52. The van der Waals surface area contributed by atoms with Crippen LogP contribution in [-0.4, -0.2) is 34.4 Å². The SMILES string of the molecule is CC(C)N1CCC(Cn2ccc3c2CCCC3=O)C1. The Morgan fingerprint density at radius 3 is 2.95 bits per heavy atom. The summed E-state index contributed by atoms with van der Waals surface area (Å²) < 4.78 is 2.35. The summed E-state index contributed by atoms with van der Waals surface area (Å²) >= 11 is 0. The van der Waals surface area contributed by atoms with Crippen molar-refractivity contribution >= 4 is 5.78 Å². The van der Waals surface area contributed by atoms with Crippen LogP contribution in [0, 0.1) is 5.92 Å². The number of likely N-dealkylation sites (tertiary alicyclic amines) is 1. The molecule has 3 nitrogen and oxygen atoms in total. The molecule has 1 aromatic heterocycles. The minimum absolute atomic E-state index is 0.343. The number of aromatic nitrogens is 1. The molecule has 1 aromatic rings. The van der Waals surface area contributed by atoms with Crippen LogP contribution in [-0.2, 0) is 13.0 Å². The molecule has 1 atom stereocenters.